The Morgan fingerprint density at radius 3 is 2.48 bits per heavy atom. The third-order valence-electron chi connectivity index (χ3n) is 4.09. The number of likely N-dealkylation sites (N-methyl/N-ethyl adjacent to an activating group) is 1. The Hall–Kier alpha value is -1.69. The second-order valence-electron chi connectivity index (χ2n) is 7.17. The van der Waals surface area contributed by atoms with Gasteiger partial charge in [-0.3, -0.25) is 4.79 Å². The van der Waals surface area contributed by atoms with E-state index in [2.05, 4.69) is 67.8 Å². The van der Waals surface area contributed by atoms with Crippen LogP contribution in [0.3, 0.4) is 0 Å². The van der Waals surface area contributed by atoms with Crippen LogP contribution in [0, 0.1) is 5.92 Å². The predicted octanol–water partition coefficient (Wildman–Crippen LogP) is 3.83. The molecule has 136 valence electrons. The van der Waals surface area contributed by atoms with Crippen LogP contribution in [-0.2, 0) is 11.2 Å². The number of carbonyl (C=O) groups excluding carboxylic acids is 1. The van der Waals surface area contributed by atoms with Crippen LogP contribution >= 0.6 is 11.3 Å². The van der Waals surface area contributed by atoms with Crippen molar-refractivity contribution in [2.75, 3.05) is 26.0 Å². The van der Waals surface area contributed by atoms with Crippen LogP contribution in [0.5, 0.6) is 0 Å². The number of nitrogens with one attached hydrogen (secondary N) is 1. The summed E-state index contributed by atoms with van der Waals surface area (Å²) in [5, 5.41) is 7.02. The third-order valence-corrected chi connectivity index (χ3v) is 4.84. The molecule has 0 radical (unpaired) electrons. The maximum Gasteiger partial charge on any atom is 0.241 e. The monoisotopic (exact) mass is 359 g/mol. The molecule has 1 aromatic carbocycles. The highest BCUT2D eigenvalue weighted by Crippen LogP contribution is 2.32. The second-order valence-corrected chi connectivity index (χ2v) is 7.92. The van der Waals surface area contributed by atoms with Gasteiger partial charge in [-0.1, -0.05) is 38.1 Å². The van der Waals surface area contributed by atoms with Crippen molar-refractivity contribution < 1.29 is 4.79 Å². The number of benzene rings is 1. The fraction of sp³-hybridized carbons (Fsp3) is 0.450. The molecule has 0 spiro atoms. The lowest BCUT2D eigenvalue weighted by Gasteiger charge is -2.15. The Bertz CT molecular complexity index is 677. The highest BCUT2D eigenvalue weighted by atomic mass is 32.1. The zero-order valence-electron chi connectivity index (χ0n) is 15.6. The number of hydrogen-bond donors (Lipinski definition) is 2. The van der Waals surface area contributed by atoms with Crippen molar-refractivity contribution in [1.82, 2.24) is 4.90 Å². The Balaban J connectivity index is 2.06. The first-order chi connectivity index (χ1) is 11.9. The van der Waals surface area contributed by atoms with Gasteiger partial charge in [0.1, 0.15) is 0 Å². The first kappa shape index (κ1) is 19.6. The van der Waals surface area contributed by atoms with Crippen LogP contribution < -0.4 is 11.1 Å². The SMILES string of the molecule is CC(C)C[C@H](N)C(=O)Nc1cscc1-c1ccc(CCN(C)C)cc1. The standard InChI is InChI=1S/C20H29N3OS/c1-14(2)11-18(21)20(24)22-19-13-25-12-17(19)16-7-5-15(6-8-16)9-10-23(3)4/h5-8,12-14,18H,9-11,21H2,1-4H3,(H,22,24)/t18-/m0/s1. The number of nitrogens with zero attached hydrogens (tertiary/aromatic N) is 1. The van der Waals surface area contributed by atoms with Crippen LogP contribution in [0.2, 0.25) is 0 Å². The van der Waals surface area contributed by atoms with Crippen molar-refractivity contribution in [3.05, 3.63) is 40.6 Å². The first-order valence-corrected chi connectivity index (χ1v) is 9.67. The van der Waals surface area contributed by atoms with Gasteiger partial charge in [-0.15, -0.1) is 11.3 Å². The fourth-order valence-corrected chi connectivity index (χ4v) is 3.45. The molecule has 0 aliphatic heterocycles. The number of carbonyl (C=O) groups is 1. The molecule has 1 heterocycles. The summed E-state index contributed by atoms with van der Waals surface area (Å²) in [6.45, 7) is 5.18. The van der Waals surface area contributed by atoms with Crippen LogP contribution in [0.15, 0.2) is 35.0 Å². The molecule has 0 saturated heterocycles. The lowest BCUT2D eigenvalue weighted by atomic mass is 10.0. The molecule has 0 saturated carbocycles. The Morgan fingerprint density at radius 1 is 1.20 bits per heavy atom. The van der Waals surface area contributed by atoms with E-state index >= 15 is 0 Å². The van der Waals surface area contributed by atoms with E-state index in [1.807, 2.05) is 5.38 Å². The van der Waals surface area contributed by atoms with E-state index in [9.17, 15) is 4.79 Å². The number of hydrogen-bond acceptors (Lipinski definition) is 4. The van der Waals surface area contributed by atoms with Crippen molar-refractivity contribution in [3.63, 3.8) is 0 Å². The zero-order valence-corrected chi connectivity index (χ0v) is 16.4. The van der Waals surface area contributed by atoms with Gasteiger partial charge >= 0.3 is 0 Å². The molecule has 25 heavy (non-hydrogen) atoms. The molecule has 4 nitrogen and oxygen atoms in total. The van der Waals surface area contributed by atoms with Crippen LogP contribution in [0.1, 0.15) is 25.8 Å². The van der Waals surface area contributed by atoms with Gasteiger partial charge in [0.25, 0.3) is 0 Å². The van der Waals surface area contributed by atoms with E-state index in [0.29, 0.717) is 12.3 Å². The maximum absolute atomic E-state index is 12.3. The normalized spacial score (nSPS) is 12.6. The summed E-state index contributed by atoms with van der Waals surface area (Å²) >= 11 is 1.58. The summed E-state index contributed by atoms with van der Waals surface area (Å²) in [5.74, 6) is 0.286. The summed E-state index contributed by atoms with van der Waals surface area (Å²) in [5.41, 5.74) is 10.3. The van der Waals surface area contributed by atoms with E-state index in [-0.39, 0.29) is 5.91 Å². The molecular weight excluding hydrogens is 330 g/mol. The summed E-state index contributed by atoms with van der Waals surface area (Å²) in [7, 11) is 4.16. The van der Waals surface area contributed by atoms with Gasteiger partial charge in [-0.25, -0.2) is 0 Å². The van der Waals surface area contributed by atoms with Crippen molar-refractivity contribution >= 4 is 22.9 Å². The van der Waals surface area contributed by atoms with Gasteiger partial charge in [0.05, 0.1) is 11.7 Å². The van der Waals surface area contributed by atoms with Crippen molar-refractivity contribution in [3.8, 4) is 11.1 Å². The van der Waals surface area contributed by atoms with Crippen LogP contribution in [0.25, 0.3) is 11.1 Å². The van der Waals surface area contributed by atoms with E-state index in [1.54, 1.807) is 11.3 Å². The molecule has 0 bridgehead atoms. The van der Waals surface area contributed by atoms with E-state index in [0.717, 1.165) is 29.8 Å². The minimum absolute atomic E-state index is 0.115. The van der Waals surface area contributed by atoms with E-state index in [4.69, 9.17) is 5.73 Å². The van der Waals surface area contributed by atoms with Crippen molar-refractivity contribution in [2.24, 2.45) is 11.7 Å². The smallest absolute Gasteiger partial charge is 0.241 e. The molecule has 1 atom stereocenters. The van der Waals surface area contributed by atoms with Gasteiger partial charge in [0.15, 0.2) is 0 Å². The molecule has 5 heteroatoms. The Morgan fingerprint density at radius 2 is 1.88 bits per heavy atom. The lowest BCUT2D eigenvalue weighted by Crippen LogP contribution is -2.36. The number of rotatable bonds is 8. The van der Waals surface area contributed by atoms with Gasteiger partial charge in [-0.05, 0) is 44.0 Å². The second kappa shape index (κ2) is 9.13. The van der Waals surface area contributed by atoms with Gasteiger partial charge < -0.3 is 16.0 Å². The molecule has 2 rings (SSSR count). The predicted molar refractivity (Wildman–Crippen MR) is 108 cm³/mol. The molecule has 3 N–H and O–H groups in total. The molecule has 0 fully saturated rings. The van der Waals surface area contributed by atoms with E-state index in [1.165, 1.54) is 5.56 Å². The average molecular weight is 360 g/mol. The molecular formula is C20H29N3OS. The van der Waals surface area contributed by atoms with Crippen LogP contribution in [-0.4, -0.2) is 37.5 Å². The highest BCUT2D eigenvalue weighted by molar-refractivity contribution is 7.08. The minimum atomic E-state index is -0.471. The molecule has 2 aromatic rings. The van der Waals surface area contributed by atoms with Gasteiger partial charge in [-0.2, -0.15) is 0 Å². The molecule has 0 aliphatic carbocycles. The van der Waals surface area contributed by atoms with Crippen molar-refractivity contribution in [2.45, 2.75) is 32.7 Å². The molecule has 0 aliphatic rings. The van der Waals surface area contributed by atoms with Crippen molar-refractivity contribution in [1.29, 1.82) is 0 Å². The van der Waals surface area contributed by atoms with Gasteiger partial charge in [0.2, 0.25) is 5.91 Å². The number of nitrogens with two attached hydrogens (primary N) is 1. The third kappa shape index (κ3) is 5.96. The number of thiophene rings is 1. The van der Waals surface area contributed by atoms with E-state index < -0.39 is 6.04 Å². The quantitative estimate of drug-likeness (QED) is 0.753. The highest BCUT2D eigenvalue weighted by Gasteiger charge is 2.17. The Kier molecular flexibility index (Phi) is 7.17. The number of anilines is 1. The molecule has 0 unspecified atom stereocenters. The summed E-state index contributed by atoms with van der Waals surface area (Å²) < 4.78 is 0. The molecule has 1 aromatic heterocycles. The van der Waals surface area contributed by atoms with Crippen LogP contribution in [0.4, 0.5) is 5.69 Å². The zero-order chi connectivity index (χ0) is 18.4. The summed E-state index contributed by atoms with van der Waals surface area (Å²) in [4.78, 5) is 14.5. The Labute approximate surface area is 155 Å². The largest absolute Gasteiger partial charge is 0.323 e. The average Bonchev–Trinajstić information content (AvgIpc) is 3.00. The lowest BCUT2D eigenvalue weighted by molar-refractivity contribution is -0.117. The first-order valence-electron chi connectivity index (χ1n) is 8.73. The fourth-order valence-electron chi connectivity index (χ4n) is 2.66. The van der Waals surface area contributed by atoms with Gasteiger partial charge in [0, 0.05) is 22.9 Å². The topological polar surface area (TPSA) is 58.4 Å². The number of amides is 1. The maximum atomic E-state index is 12.3. The molecule has 1 amide bonds. The summed E-state index contributed by atoms with van der Waals surface area (Å²) in [6.07, 6.45) is 1.72. The minimum Gasteiger partial charge on any atom is -0.323 e. The summed E-state index contributed by atoms with van der Waals surface area (Å²) in [6, 6.07) is 8.09.